The summed E-state index contributed by atoms with van der Waals surface area (Å²) in [5.41, 5.74) is -3.54. The van der Waals surface area contributed by atoms with Crippen LogP contribution in [0.5, 0.6) is 11.5 Å². The zero-order valence-electron chi connectivity index (χ0n) is 19.2. The third-order valence-corrected chi connectivity index (χ3v) is 6.32. The summed E-state index contributed by atoms with van der Waals surface area (Å²) in [7, 11) is 0. The summed E-state index contributed by atoms with van der Waals surface area (Å²) in [5.74, 6) is -4.05. The topological polar surface area (TPSA) is 90.6 Å². The molecule has 0 aliphatic carbocycles. The smallest absolute Gasteiger partial charge is 0.422 e. The minimum Gasteiger partial charge on any atom is -0.478 e. The fourth-order valence-corrected chi connectivity index (χ4v) is 4.37. The number of aromatic carboxylic acids is 1. The monoisotopic (exact) mass is 521 g/mol. The number of carbonyl (C=O) groups is 1. The Hall–Kier alpha value is -3.61. The zero-order chi connectivity index (χ0) is 27.0. The summed E-state index contributed by atoms with van der Waals surface area (Å²) in [6, 6.07) is 11.1. The summed E-state index contributed by atoms with van der Waals surface area (Å²) in [6.07, 6.45) is -5.10. The van der Waals surface area contributed by atoms with E-state index in [1.54, 1.807) is 0 Å². The maximum Gasteiger partial charge on any atom is 0.422 e. The summed E-state index contributed by atoms with van der Waals surface area (Å²) in [4.78, 5) is 10.9. The van der Waals surface area contributed by atoms with Gasteiger partial charge in [-0.1, -0.05) is 36.7 Å². The molecule has 0 heterocycles. The van der Waals surface area contributed by atoms with Crippen LogP contribution in [-0.2, 0) is 5.60 Å². The van der Waals surface area contributed by atoms with Crippen LogP contribution in [0, 0.1) is 31.0 Å². The average Bonchev–Trinajstić information content (AvgIpc) is 2.77. The molecule has 0 aromatic heterocycles. The second-order valence-electron chi connectivity index (χ2n) is 8.31. The van der Waals surface area contributed by atoms with Crippen LogP contribution in [0.15, 0.2) is 48.5 Å². The number of hydrogen-bond donors (Lipinski definition) is 2. The minimum atomic E-state index is -5.10. The van der Waals surface area contributed by atoms with E-state index in [1.807, 2.05) is 6.07 Å². The van der Waals surface area contributed by atoms with E-state index in [2.05, 4.69) is 0 Å². The van der Waals surface area contributed by atoms with Gasteiger partial charge in [0, 0.05) is 17.0 Å². The summed E-state index contributed by atoms with van der Waals surface area (Å²) >= 11 is 6.29. The molecule has 0 saturated carbocycles. The average molecular weight is 522 g/mol. The number of halogens is 5. The number of nitrogens with zero attached hydrogens (tertiary/aromatic N) is 1. The van der Waals surface area contributed by atoms with Gasteiger partial charge in [0.15, 0.2) is 5.60 Å². The van der Waals surface area contributed by atoms with Crippen LogP contribution in [0.2, 0.25) is 5.02 Å². The molecule has 0 aliphatic heterocycles. The molecule has 0 unspecified atom stereocenters. The number of rotatable bonds is 6. The normalized spacial score (nSPS) is 14.0. The van der Waals surface area contributed by atoms with Gasteiger partial charge in [-0.25, -0.2) is 9.18 Å². The first-order chi connectivity index (χ1) is 16.7. The van der Waals surface area contributed by atoms with Gasteiger partial charge in [0.2, 0.25) is 0 Å². The van der Waals surface area contributed by atoms with E-state index in [-0.39, 0.29) is 27.6 Å². The van der Waals surface area contributed by atoms with Crippen LogP contribution >= 0.6 is 11.6 Å². The van der Waals surface area contributed by atoms with Crippen molar-refractivity contribution in [2.24, 2.45) is 0 Å². The predicted molar refractivity (Wildman–Crippen MR) is 124 cm³/mol. The molecular weight excluding hydrogens is 502 g/mol. The number of nitriles is 1. The lowest BCUT2D eigenvalue weighted by Crippen LogP contribution is -2.46. The van der Waals surface area contributed by atoms with Crippen molar-refractivity contribution in [2.75, 3.05) is 0 Å². The lowest BCUT2D eigenvalue weighted by Gasteiger charge is -2.37. The van der Waals surface area contributed by atoms with Crippen LogP contribution in [0.25, 0.3) is 0 Å². The molecular formula is C26H20ClF4NO4. The molecule has 0 bridgehead atoms. The molecule has 5 nitrogen and oxygen atoms in total. The number of ether oxygens (including phenoxy) is 1. The molecule has 0 fully saturated rings. The lowest BCUT2D eigenvalue weighted by molar-refractivity contribution is -0.274. The summed E-state index contributed by atoms with van der Waals surface area (Å²) in [6.45, 7) is 4.15. The van der Waals surface area contributed by atoms with Crippen molar-refractivity contribution in [3.8, 4) is 17.6 Å². The molecule has 10 heteroatoms. The number of alkyl halides is 3. The second-order valence-corrected chi connectivity index (χ2v) is 8.72. The molecule has 3 aromatic carbocycles. The highest BCUT2D eigenvalue weighted by Gasteiger charge is 2.59. The Morgan fingerprint density at radius 2 is 1.61 bits per heavy atom. The Morgan fingerprint density at radius 3 is 2.08 bits per heavy atom. The molecule has 2 atom stereocenters. The first kappa shape index (κ1) is 27.0. The van der Waals surface area contributed by atoms with Gasteiger partial charge in [-0.15, -0.1) is 0 Å². The molecule has 36 heavy (non-hydrogen) atoms. The maximum absolute atomic E-state index is 14.3. The van der Waals surface area contributed by atoms with E-state index >= 15 is 0 Å². The van der Waals surface area contributed by atoms with Crippen molar-refractivity contribution in [2.45, 2.75) is 38.5 Å². The predicted octanol–water partition coefficient (Wildman–Crippen LogP) is 7.01. The molecule has 0 spiro atoms. The van der Waals surface area contributed by atoms with Crippen LogP contribution in [0.1, 0.15) is 51.0 Å². The van der Waals surface area contributed by atoms with Gasteiger partial charge < -0.3 is 14.9 Å². The number of hydrogen-bond acceptors (Lipinski definition) is 4. The number of aryl methyl sites for hydroxylation is 2. The lowest BCUT2D eigenvalue weighted by atomic mass is 9.76. The number of carboxylic acids is 1. The second kappa shape index (κ2) is 9.80. The summed E-state index contributed by atoms with van der Waals surface area (Å²) < 4.78 is 62.4. The van der Waals surface area contributed by atoms with Crippen molar-refractivity contribution < 1.29 is 37.3 Å². The summed E-state index contributed by atoms with van der Waals surface area (Å²) in [5, 5.41) is 29.1. The van der Waals surface area contributed by atoms with E-state index in [9.17, 15) is 32.7 Å². The Labute approximate surface area is 209 Å². The number of carboxylic acid groups (broad SMARTS) is 1. The minimum absolute atomic E-state index is 0.0316. The molecule has 0 radical (unpaired) electrons. The van der Waals surface area contributed by atoms with Crippen LogP contribution in [-0.4, -0.2) is 22.4 Å². The fourth-order valence-electron chi connectivity index (χ4n) is 4.04. The van der Waals surface area contributed by atoms with Gasteiger partial charge >= 0.3 is 12.1 Å². The maximum atomic E-state index is 14.3. The fraction of sp³-hybridized carbons (Fsp3) is 0.231. The highest BCUT2D eigenvalue weighted by atomic mass is 35.5. The molecule has 3 aromatic rings. The van der Waals surface area contributed by atoms with Gasteiger partial charge in [0.25, 0.3) is 0 Å². The third-order valence-electron chi connectivity index (χ3n) is 5.99. The first-order valence-electron chi connectivity index (χ1n) is 10.5. The van der Waals surface area contributed by atoms with Crippen molar-refractivity contribution in [1.29, 1.82) is 5.26 Å². The number of benzene rings is 3. The van der Waals surface area contributed by atoms with Crippen molar-refractivity contribution in [3.63, 3.8) is 0 Å². The zero-order valence-corrected chi connectivity index (χ0v) is 20.0. The Balaban J connectivity index is 2.01. The van der Waals surface area contributed by atoms with E-state index in [4.69, 9.17) is 21.4 Å². The number of aliphatic hydroxyl groups is 1. The van der Waals surface area contributed by atoms with E-state index in [0.29, 0.717) is 11.1 Å². The standard InChI is InChI=1S/C26H20ClF4NO4/c1-13-8-16(9-14(2)21(13)12-32)25(35,26(29,30)31)15(3)19-6-4-17(10-22(19)27)36-18-5-7-20(24(33)34)23(28)11-18/h4-11,15,35H,1-3H3,(H,33,34)/t15-,25-/m0/s1. The van der Waals surface area contributed by atoms with E-state index in [0.717, 1.165) is 24.3 Å². The molecule has 2 N–H and O–H groups in total. The third kappa shape index (κ3) is 4.87. The van der Waals surface area contributed by atoms with Gasteiger partial charge in [0.1, 0.15) is 17.3 Å². The molecule has 0 amide bonds. The van der Waals surface area contributed by atoms with Gasteiger partial charge in [0.05, 0.1) is 17.2 Å². The first-order valence-corrected chi connectivity index (χ1v) is 10.9. The largest absolute Gasteiger partial charge is 0.478 e. The van der Waals surface area contributed by atoms with Crippen molar-refractivity contribution in [1.82, 2.24) is 0 Å². The van der Waals surface area contributed by atoms with Crippen molar-refractivity contribution >= 4 is 17.6 Å². The highest BCUT2D eigenvalue weighted by molar-refractivity contribution is 6.31. The van der Waals surface area contributed by atoms with E-state index in [1.165, 1.54) is 45.0 Å². The Morgan fingerprint density at radius 1 is 1.06 bits per heavy atom. The van der Waals surface area contributed by atoms with Crippen molar-refractivity contribution in [3.05, 3.63) is 92.8 Å². The molecule has 0 saturated heterocycles. The van der Waals surface area contributed by atoms with Crippen LogP contribution in [0.3, 0.4) is 0 Å². The molecule has 0 aliphatic rings. The quantitative estimate of drug-likeness (QED) is 0.340. The molecule has 188 valence electrons. The van der Waals surface area contributed by atoms with Gasteiger partial charge in [-0.05, 0) is 60.4 Å². The van der Waals surface area contributed by atoms with E-state index < -0.39 is 40.6 Å². The SMILES string of the molecule is Cc1cc([C@@](O)([C@@H](C)c2ccc(Oc3ccc(C(=O)O)c(F)c3)cc2Cl)C(F)(F)F)cc(C)c1C#N. The van der Waals surface area contributed by atoms with Crippen LogP contribution < -0.4 is 4.74 Å². The van der Waals surface area contributed by atoms with Gasteiger partial charge in [-0.3, -0.25) is 0 Å². The Kier molecular flexibility index (Phi) is 7.35. The Bertz CT molecular complexity index is 1360. The highest BCUT2D eigenvalue weighted by Crippen LogP contribution is 2.50. The molecule has 3 rings (SSSR count). The van der Waals surface area contributed by atoms with Gasteiger partial charge in [-0.2, -0.15) is 18.4 Å². The van der Waals surface area contributed by atoms with Crippen LogP contribution in [0.4, 0.5) is 17.6 Å².